The number of esters is 1. The highest BCUT2D eigenvalue weighted by Gasteiger charge is 2.42. The summed E-state index contributed by atoms with van der Waals surface area (Å²) in [5, 5.41) is 14.1. The van der Waals surface area contributed by atoms with Crippen molar-refractivity contribution >= 4 is 18.0 Å². The topological polar surface area (TPSA) is 105 Å². The molecule has 0 aromatic rings. The molecular formula is C12H20N2O5. The van der Waals surface area contributed by atoms with Crippen molar-refractivity contribution in [2.45, 2.75) is 44.6 Å². The summed E-state index contributed by atoms with van der Waals surface area (Å²) in [7, 11) is 0. The maximum absolute atomic E-state index is 11.6. The lowest BCUT2D eigenvalue weighted by molar-refractivity contribution is -0.144. The van der Waals surface area contributed by atoms with Crippen LogP contribution in [0.15, 0.2) is 0 Å². The fourth-order valence-corrected chi connectivity index (χ4v) is 2.14. The van der Waals surface area contributed by atoms with Crippen molar-refractivity contribution in [3.8, 4) is 0 Å². The first-order chi connectivity index (χ1) is 9.00. The number of hydrogen-bond donors (Lipinski definition) is 3. The van der Waals surface area contributed by atoms with E-state index in [1.807, 2.05) is 0 Å². The summed E-state index contributed by atoms with van der Waals surface area (Å²) in [6.07, 6.45) is 2.52. The lowest BCUT2D eigenvalue weighted by atomic mass is 9.98. The number of carboxylic acid groups (broad SMARTS) is 1. The van der Waals surface area contributed by atoms with Crippen LogP contribution in [0, 0.1) is 0 Å². The van der Waals surface area contributed by atoms with E-state index in [1.54, 1.807) is 6.92 Å². The van der Waals surface area contributed by atoms with Crippen molar-refractivity contribution in [2.75, 3.05) is 13.2 Å². The van der Waals surface area contributed by atoms with Gasteiger partial charge in [-0.2, -0.15) is 0 Å². The number of carbonyl (C=O) groups excluding carboxylic acids is 2. The molecule has 3 N–H and O–H groups in total. The van der Waals surface area contributed by atoms with Crippen LogP contribution in [0.3, 0.4) is 0 Å². The average molecular weight is 272 g/mol. The molecule has 0 unspecified atom stereocenters. The van der Waals surface area contributed by atoms with Crippen LogP contribution in [0.25, 0.3) is 0 Å². The molecule has 19 heavy (non-hydrogen) atoms. The molecule has 0 atom stereocenters. The SMILES string of the molecule is CCOC(=O)CCNC(=O)NC1(C(=O)O)CCCC1. The van der Waals surface area contributed by atoms with E-state index in [9.17, 15) is 19.5 Å². The summed E-state index contributed by atoms with van der Waals surface area (Å²) < 4.78 is 4.71. The Hall–Kier alpha value is -1.79. The highest BCUT2D eigenvalue weighted by atomic mass is 16.5. The van der Waals surface area contributed by atoms with E-state index in [0.29, 0.717) is 19.4 Å². The third kappa shape index (κ3) is 4.42. The quantitative estimate of drug-likeness (QED) is 0.615. The zero-order chi connectivity index (χ0) is 14.3. The molecule has 1 aliphatic carbocycles. The summed E-state index contributed by atoms with van der Waals surface area (Å²) in [6, 6.07) is -0.561. The van der Waals surface area contributed by atoms with Gasteiger partial charge in [0.25, 0.3) is 0 Å². The maximum Gasteiger partial charge on any atom is 0.329 e. The van der Waals surface area contributed by atoms with E-state index in [2.05, 4.69) is 10.6 Å². The van der Waals surface area contributed by atoms with Gasteiger partial charge in [-0.15, -0.1) is 0 Å². The van der Waals surface area contributed by atoms with Crippen LogP contribution >= 0.6 is 0 Å². The van der Waals surface area contributed by atoms with Gasteiger partial charge in [-0.3, -0.25) is 4.79 Å². The molecular weight excluding hydrogens is 252 g/mol. The molecule has 1 rings (SSSR count). The van der Waals surface area contributed by atoms with Gasteiger partial charge in [0.1, 0.15) is 5.54 Å². The predicted molar refractivity (Wildman–Crippen MR) is 66.6 cm³/mol. The minimum absolute atomic E-state index is 0.0708. The van der Waals surface area contributed by atoms with Crippen LogP contribution in [0.4, 0.5) is 4.79 Å². The Kier molecular flexibility index (Phi) is 5.59. The first-order valence-electron chi connectivity index (χ1n) is 6.45. The van der Waals surface area contributed by atoms with E-state index in [-0.39, 0.29) is 13.0 Å². The van der Waals surface area contributed by atoms with Crippen LogP contribution in [0.1, 0.15) is 39.0 Å². The lowest BCUT2D eigenvalue weighted by Gasteiger charge is -2.25. The van der Waals surface area contributed by atoms with E-state index >= 15 is 0 Å². The monoisotopic (exact) mass is 272 g/mol. The second kappa shape index (κ2) is 6.96. The van der Waals surface area contributed by atoms with Crippen LogP contribution < -0.4 is 10.6 Å². The first-order valence-corrected chi connectivity index (χ1v) is 6.45. The van der Waals surface area contributed by atoms with Crippen LogP contribution in [0.2, 0.25) is 0 Å². The zero-order valence-corrected chi connectivity index (χ0v) is 11.0. The van der Waals surface area contributed by atoms with Gasteiger partial charge < -0.3 is 20.5 Å². The standard InChI is InChI=1S/C12H20N2O5/c1-2-19-9(15)5-8-13-11(18)14-12(10(16)17)6-3-4-7-12/h2-8H2,1H3,(H,16,17)(H2,13,14,18). The molecule has 0 spiro atoms. The molecule has 0 radical (unpaired) electrons. The predicted octanol–water partition coefficient (Wildman–Crippen LogP) is 0.636. The Morgan fingerprint density at radius 3 is 2.42 bits per heavy atom. The van der Waals surface area contributed by atoms with Gasteiger partial charge in [0.15, 0.2) is 0 Å². The Balaban J connectivity index is 2.34. The lowest BCUT2D eigenvalue weighted by Crippen LogP contribution is -2.55. The molecule has 0 aromatic heterocycles. The number of aliphatic carboxylic acids is 1. The van der Waals surface area contributed by atoms with Gasteiger partial charge in [0.2, 0.25) is 0 Å². The molecule has 1 saturated carbocycles. The number of hydrogen-bond acceptors (Lipinski definition) is 4. The summed E-state index contributed by atoms with van der Waals surface area (Å²) in [6.45, 7) is 2.13. The molecule has 1 aliphatic rings. The van der Waals surface area contributed by atoms with E-state index < -0.39 is 23.5 Å². The summed E-state index contributed by atoms with van der Waals surface area (Å²) in [4.78, 5) is 33.9. The minimum Gasteiger partial charge on any atom is -0.480 e. The average Bonchev–Trinajstić information content (AvgIpc) is 2.79. The second-order valence-electron chi connectivity index (χ2n) is 4.53. The number of carbonyl (C=O) groups is 3. The Labute approximate surface area is 111 Å². The largest absolute Gasteiger partial charge is 0.480 e. The van der Waals surface area contributed by atoms with Crippen molar-refractivity contribution in [1.82, 2.24) is 10.6 Å². The van der Waals surface area contributed by atoms with Crippen molar-refractivity contribution in [1.29, 1.82) is 0 Å². The summed E-state index contributed by atoms with van der Waals surface area (Å²) in [5.41, 5.74) is -1.16. The smallest absolute Gasteiger partial charge is 0.329 e. The maximum atomic E-state index is 11.6. The van der Waals surface area contributed by atoms with Gasteiger partial charge in [-0.05, 0) is 19.8 Å². The summed E-state index contributed by atoms with van der Waals surface area (Å²) >= 11 is 0. The van der Waals surface area contributed by atoms with Gasteiger partial charge in [-0.25, -0.2) is 9.59 Å². The molecule has 0 bridgehead atoms. The fourth-order valence-electron chi connectivity index (χ4n) is 2.14. The van der Waals surface area contributed by atoms with E-state index in [0.717, 1.165) is 12.8 Å². The first kappa shape index (κ1) is 15.3. The van der Waals surface area contributed by atoms with Crippen molar-refractivity contribution in [3.05, 3.63) is 0 Å². The van der Waals surface area contributed by atoms with Gasteiger partial charge in [0, 0.05) is 6.54 Å². The fraction of sp³-hybridized carbons (Fsp3) is 0.750. The molecule has 2 amide bonds. The van der Waals surface area contributed by atoms with E-state index in [1.165, 1.54) is 0 Å². The van der Waals surface area contributed by atoms with Crippen LogP contribution in [0.5, 0.6) is 0 Å². The highest BCUT2D eigenvalue weighted by molar-refractivity contribution is 5.86. The van der Waals surface area contributed by atoms with Gasteiger partial charge >= 0.3 is 18.0 Å². The van der Waals surface area contributed by atoms with Crippen molar-refractivity contribution < 1.29 is 24.2 Å². The molecule has 0 saturated heterocycles. The number of nitrogens with one attached hydrogen (secondary N) is 2. The van der Waals surface area contributed by atoms with Crippen LogP contribution in [-0.4, -0.2) is 41.8 Å². The normalized spacial score (nSPS) is 16.7. The van der Waals surface area contributed by atoms with Gasteiger partial charge in [0.05, 0.1) is 13.0 Å². The number of carboxylic acids is 1. The third-order valence-electron chi connectivity index (χ3n) is 3.14. The molecule has 108 valence electrons. The Bertz CT molecular complexity index is 350. The Morgan fingerprint density at radius 1 is 1.26 bits per heavy atom. The molecule has 7 nitrogen and oxygen atoms in total. The molecule has 0 aliphatic heterocycles. The minimum atomic E-state index is -1.16. The number of urea groups is 1. The van der Waals surface area contributed by atoms with E-state index in [4.69, 9.17) is 4.74 Å². The molecule has 7 heteroatoms. The van der Waals surface area contributed by atoms with Crippen LogP contribution in [-0.2, 0) is 14.3 Å². The molecule has 0 heterocycles. The van der Waals surface area contributed by atoms with Crippen molar-refractivity contribution in [2.24, 2.45) is 0 Å². The third-order valence-corrected chi connectivity index (χ3v) is 3.14. The van der Waals surface area contributed by atoms with Gasteiger partial charge in [-0.1, -0.05) is 12.8 Å². The summed E-state index contributed by atoms with van der Waals surface area (Å²) in [5.74, 6) is -1.40. The second-order valence-corrected chi connectivity index (χ2v) is 4.53. The Morgan fingerprint density at radius 2 is 1.89 bits per heavy atom. The number of amides is 2. The molecule has 1 fully saturated rings. The number of rotatable bonds is 6. The van der Waals surface area contributed by atoms with Crippen molar-refractivity contribution in [3.63, 3.8) is 0 Å². The molecule has 0 aromatic carbocycles. The zero-order valence-electron chi connectivity index (χ0n) is 11.0. The number of ether oxygens (including phenoxy) is 1. The highest BCUT2D eigenvalue weighted by Crippen LogP contribution is 2.29.